The van der Waals surface area contributed by atoms with Gasteiger partial charge in [-0.1, -0.05) is 30.7 Å². The third kappa shape index (κ3) is 6.19. The molecule has 1 aromatic carbocycles. The SMILES string of the molecule is C[C@]12C[C@H](O)C3(F)[C@@H](CCC4=CC(=O)C=C[C@@]43C)C1CCC2C(=O)COC(=O)CNC(=O)Oc1cccc(CCON(O)O)c1. The van der Waals surface area contributed by atoms with Crippen molar-refractivity contribution in [2.75, 3.05) is 19.8 Å². The van der Waals surface area contributed by atoms with Crippen LogP contribution in [0.15, 0.2) is 48.1 Å². The maximum Gasteiger partial charge on any atom is 0.413 e. The number of aliphatic hydroxyl groups excluding tert-OH is 1. The second-order valence-electron chi connectivity index (χ2n) is 12.8. The summed E-state index contributed by atoms with van der Waals surface area (Å²) in [5.74, 6) is -2.34. The highest BCUT2D eigenvalue weighted by molar-refractivity contribution is 6.01. The number of ether oxygens (including phenoxy) is 2. The van der Waals surface area contributed by atoms with E-state index in [1.54, 1.807) is 31.2 Å². The Bertz CT molecular complexity index is 1410. The third-order valence-corrected chi connectivity index (χ3v) is 10.5. The van der Waals surface area contributed by atoms with Crippen molar-refractivity contribution in [2.45, 2.75) is 64.1 Å². The average molecular weight is 631 g/mol. The number of hydrogen-bond donors (Lipinski definition) is 4. The molecule has 3 unspecified atom stereocenters. The first-order valence-corrected chi connectivity index (χ1v) is 15.1. The molecular weight excluding hydrogens is 591 g/mol. The maximum absolute atomic E-state index is 17.2. The molecule has 7 atom stereocenters. The predicted octanol–water partition coefficient (Wildman–Crippen LogP) is 3.43. The normalized spacial score (nSPS) is 33.5. The molecule has 3 fully saturated rings. The molecule has 0 saturated heterocycles. The van der Waals surface area contributed by atoms with Crippen molar-refractivity contribution in [1.82, 2.24) is 10.7 Å². The lowest BCUT2D eigenvalue weighted by Gasteiger charge is -2.62. The molecule has 0 aliphatic heterocycles. The maximum atomic E-state index is 17.2. The lowest BCUT2D eigenvalue weighted by atomic mass is 9.45. The van der Waals surface area contributed by atoms with Gasteiger partial charge in [-0.2, -0.15) is 0 Å². The minimum Gasteiger partial charge on any atom is -0.456 e. The number of nitrogens with one attached hydrogen (secondary N) is 1. The van der Waals surface area contributed by atoms with Crippen LogP contribution in [0.1, 0.15) is 51.5 Å². The Balaban J connectivity index is 1.13. The first kappa shape index (κ1) is 32.9. The Hall–Kier alpha value is -3.49. The lowest BCUT2D eigenvalue weighted by molar-refractivity contribution is -0.492. The van der Waals surface area contributed by atoms with E-state index in [0.29, 0.717) is 43.2 Å². The highest BCUT2D eigenvalue weighted by atomic mass is 19.1. The average Bonchev–Trinajstić information content (AvgIpc) is 3.32. The molecular formula is C32H39FN2O10. The summed E-state index contributed by atoms with van der Waals surface area (Å²) >= 11 is 0. The van der Waals surface area contributed by atoms with Crippen molar-refractivity contribution >= 4 is 23.6 Å². The molecule has 0 spiro atoms. The van der Waals surface area contributed by atoms with Crippen LogP contribution >= 0.6 is 0 Å². The Morgan fingerprint density at radius 2 is 1.91 bits per heavy atom. The Morgan fingerprint density at radius 1 is 1.13 bits per heavy atom. The van der Waals surface area contributed by atoms with E-state index in [0.717, 1.165) is 0 Å². The Kier molecular flexibility index (Phi) is 9.30. The van der Waals surface area contributed by atoms with Crippen LogP contribution < -0.4 is 10.1 Å². The Labute approximate surface area is 259 Å². The smallest absolute Gasteiger partial charge is 0.413 e. The number of nitrogens with zero attached hydrogens (tertiary/aromatic N) is 1. The van der Waals surface area contributed by atoms with Crippen molar-refractivity contribution in [3.63, 3.8) is 0 Å². The van der Waals surface area contributed by atoms with E-state index >= 15 is 4.39 Å². The molecule has 12 nitrogen and oxygen atoms in total. The number of carbonyl (C=O) groups is 4. The number of amides is 1. The molecule has 0 aromatic heterocycles. The summed E-state index contributed by atoms with van der Waals surface area (Å²) in [6, 6.07) is 6.40. The third-order valence-electron chi connectivity index (χ3n) is 10.5. The molecule has 45 heavy (non-hydrogen) atoms. The number of esters is 1. The summed E-state index contributed by atoms with van der Waals surface area (Å²) in [5, 5.41) is 30.4. The van der Waals surface area contributed by atoms with E-state index in [4.69, 9.17) is 19.9 Å². The van der Waals surface area contributed by atoms with Crippen LogP contribution in [0.4, 0.5) is 9.18 Å². The van der Waals surface area contributed by atoms with E-state index < -0.39 is 65.0 Å². The highest BCUT2D eigenvalue weighted by Crippen LogP contribution is 2.68. The molecule has 244 valence electrons. The minimum absolute atomic E-state index is 0.0374. The van der Waals surface area contributed by atoms with E-state index in [9.17, 15) is 24.3 Å². The molecule has 1 amide bonds. The summed E-state index contributed by atoms with van der Waals surface area (Å²) < 4.78 is 27.5. The van der Waals surface area contributed by atoms with E-state index in [-0.39, 0.29) is 36.3 Å². The molecule has 4 N–H and O–H groups in total. The van der Waals surface area contributed by atoms with Gasteiger partial charge in [-0.25, -0.2) is 9.18 Å². The van der Waals surface area contributed by atoms with Crippen LogP contribution in [0.2, 0.25) is 0 Å². The van der Waals surface area contributed by atoms with Gasteiger partial charge in [0.25, 0.3) is 0 Å². The number of hydrogen-bond acceptors (Lipinski definition) is 11. The number of Topliss-reactive ketones (excluding diaryl/α,β-unsaturated/α-hetero) is 1. The Morgan fingerprint density at radius 3 is 2.67 bits per heavy atom. The lowest BCUT2D eigenvalue weighted by Crippen LogP contribution is -2.66. The van der Waals surface area contributed by atoms with Crippen LogP contribution in [0, 0.1) is 28.6 Å². The summed E-state index contributed by atoms with van der Waals surface area (Å²) in [5.41, 5.74) is -2.37. The van der Waals surface area contributed by atoms with Crippen LogP contribution in [-0.2, 0) is 30.4 Å². The fourth-order valence-corrected chi connectivity index (χ4v) is 8.34. The first-order chi connectivity index (χ1) is 21.3. The van der Waals surface area contributed by atoms with Gasteiger partial charge in [0.1, 0.15) is 18.9 Å². The quantitative estimate of drug-likeness (QED) is 0.220. The van der Waals surface area contributed by atoms with Gasteiger partial charge in [-0.15, -0.1) is 0 Å². The fraction of sp³-hybridized carbons (Fsp3) is 0.562. The molecule has 4 aliphatic rings. The number of benzene rings is 1. The van der Waals surface area contributed by atoms with Crippen LogP contribution in [0.5, 0.6) is 5.75 Å². The van der Waals surface area contributed by atoms with Crippen molar-refractivity contribution in [1.29, 1.82) is 0 Å². The zero-order chi connectivity index (χ0) is 32.6. The zero-order valence-electron chi connectivity index (χ0n) is 25.2. The zero-order valence-corrected chi connectivity index (χ0v) is 25.2. The number of halogens is 1. The summed E-state index contributed by atoms with van der Waals surface area (Å²) in [6.45, 7) is 2.58. The molecule has 0 bridgehead atoms. The topological polar surface area (TPSA) is 172 Å². The number of alkyl halides is 1. The number of fused-ring (bicyclic) bond motifs is 5. The molecule has 0 radical (unpaired) electrons. The second-order valence-corrected chi connectivity index (χ2v) is 12.8. The van der Waals surface area contributed by atoms with E-state index in [1.165, 1.54) is 18.2 Å². The summed E-state index contributed by atoms with van der Waals surface area (Å²) in [7, 11) is 0. The number of allylic oxidation sites excluding steroid dienone is 4. The van der Waals surface area contributed by atoms with Gasteiger partial charge in [0.2, 0.25) is 0 Å². The molecule has 13 heteroatoms. The molecule has 3 saturated carbocycles. The van der Waals surface area contributed by atoms with Gasteiger partial charge in [-0.05, 0) is 86.6 Å². The largest absolute Gasteiger partial charge is 0.456 e. The van der Waals surface area contributed by atoms with Gasteiger partial charge in [-0.3, -0.25) is 29.6 Å². The number of carbonyl (C=O) groups excluding carboxylic acids is 4. The van der Waals surface area contributed by atoms with Crippen molar-refractivity contribution < 1.29 is 53.4 Å². The standard InChI is InChI=1S/C32H39FN2O10/c1-30-16-27(38)32(33)24(7-6-20-15-21(36)10-12-31(20,32)2)23(30)8-9-25(30)26(37)18-43-28(39)17-34-29(40)45-22-5-3-4-19(14-22)11-13-44-35(41)42/h3-5,10,12,14-15,23-25,27,38,41-42H,6-9,11,13,16-18H2,1-2H3,(H,34,40)/t23?,24-,25?,27-,30-,31-,32?/m0/s1. The molecule has 5 rings (SSSR count). The molecule has 1 aromatic rings. The van der Waals surface area contributed by atoms with Gasteiger partial charge in [0.05, 0.1) is 18.1 Å². The van der Waals surface area contributed by atoms with Gasteiger partial charge in [0, 0.05) is 17.3 Å². The molecule has 0 heterocycles. The van der Waals surface area contributed by atoms with Gasteiger partial charge >= 0.3 is 12.1 Å². The number of aliphatic hydroxyl groups is 1. The van der Waals surface area contributed by atoms with Gasteiger partial charge in [0.15, 0.2) is 17.2 Å². The van der Waals surface area contributed by atoms with E-state index in [2.05, 4.69) is 10.2 Å². The monoisotopic (exact) mass is 630 g/mol. The second kappa shape index (κ2) is 12.7. The fourth-order valence-electron chi connectivity index (χ4n) is 8.34. The van der Waals surface area contributed by atoms with Crippen LogP contribution in [0.25, 0.3) is 0 Å². The number of ketones is 2. The van der Waals surface area contributed by atoms with Crippen molar-refractivity contribution in [2.24, 2.45) is 28.6 Å². The summed E-state index contributed by atoms with van der Waals surface area (Å²) in [4.78, 5) is 54.4. The highest BCUT2D eigenvalue weighted by Gasteiger charge is 2.70. The summed E-state index contributed by atoms with van der Waals surface area (Å²) in [6.07, 6.45) is 4.67. The first-order valence-electron chi connectivity index (χ1n) is 15.1. The molecule has 4 aliphatic carbocycles. The van der Waals surface area contributed by atoms with E-state index in [1.807, 2.05) is 6.92 Å². The van der Waals surface area contributed by atoms with Crippen LogP contribution in [-0.4, -0.2) is 76.1 Å². The number of rotatable bonds is 10. The predicted molar refractivity (Wildman–Crippen MR) is 153 cm³/mol. The van der Waals surface area contributed by atoms with Crippen LogP contribution in [0.3, 0.4) is 0 Å². The van der Waals surface area contributed by atoms with Gasteiger partial charge < -0.3 is 19.9 Å². The van der Waals surface area contributed by atoms with Crippen molar-refractivity contribution in [3.05, 3.63) is 53.6 Å². The van der Waals surface area contributed by atoms with Crippen molar-refractivity contribution in [3.8, 4) is 5.75 Å². The minimum atomic E-state index is -1.97.